The zero-order chi connectivity index (χ0) is 18.5. The number of amides is 2. The topological polar surface area (TPSA) is 85.3 Å². The lowest BCUT2D eigenvalue weighted by Gasteiger charge is -2.14. The number of nitrogens with zero attached hydrogens (tertiary/aromatic N) is 2. The lowest BCUT2D eigenvalue weighted by molar-refractivity contribution is -0.125. The zero-order valence-electron chi connectivity index (χ0n) is 15.0. The van der Waals surface area contributed by atoms with Crippen LogP contribution in [-0.2, 0) is 27.9 Å². The molecule has 0 bridgehead atoms. The van der Waals surface area contributed by atoms with Crippen LogP contribution in [0.1, 0.15) is 30.4 Å². The van der Waals surface area contributed by atoms with Crippen LogP contribution in [0, 0.1) is 5.92 Å². The van der Waals surface area contributed by atoms with E-state index in [0.717, 1.165) is 11.1 Å². The second kappa shape index (κ2) is 8.46. The summed E-state index contributed by atoms with van der Waals surface area (Å²) < 4.78 is 7.38. The van der Waals surface area contributed by atoms with Gasteiger partial charge in [-0.05, 0) is 35.7 Å². The highest BCUT2D eigenvalue weighted by Gasteiger charge is 2.31. The van der Waals surface area contributed by atoms with Crippen LogP contribution in [0.2, 0.25) is 0 Å². The van der Waals surface area contributed by atoms with E-state index < -0.39 is 0 Å². The Hall–Kier alpha value is -2.19. The number of rotatable bonds is 7. The Balaban J connectivity index is 1.39. The SMILES string of the molecule is CC(C(=O)NC[C@@H]1C[C@H](C(=O)NCc2cnn(C)c2)CO1)c1ccsc1. The van der Waals surface area contributed by atoms with Crippen molar-refractivity contribution in [1.29, 1.82) is 0 Å². The van der Waals surface area contributed by atoms with Gasteiger partial charge in [0.1, 0.15) is 0 Å². The van der Waals surface area contributed by atoms with Crippen molar-refractivity contribution in [2.45, 2.75) is 31.9 Å². The fourth-order valence-electron chi connectivity index (χ4n) is 2.97. The molecule has 0 aromatic carbocycles. The van der Waals surface area contributed by atoms with Gasteiger partial charge in [0.25, 0.3) is 0 Å². The van der Waals surface area contributed by atoms with Crippen molar-refractivity contribution in [2.24, 2.45) is 13.0 Å². The molecule has 8 heteroatoms. The maximum atomic E-state index is 12.3. The van der Waals surface area contributed by atoms with Crippen LogP contribution in [0.3, 0.4) is 0 Å². The van der Waals surface area contributed by atoms with Crippen molar-refractivity contribution in [2.75, 3.05) is 13.2 Å². The Morgan fingerprint density at radius 2 is 2.31 bits per heavy atom. The molecule has 2 aromatic rings. The van der Waals surface area contributed by atoms with Crippen LogP contribution in [0.5, 0.6) is 0 Å². The summed E-state index contributed by atoms with van der Waals surface area (Å²) >= 11 is 1.58. The van der Waals surface area contributed by atoms with Gasteiger partial charge in [0.15, 0.2) is 0 Å². The van der Waals surface area contributed by atoms with Crippen molar-refractivity contribution < 1.29 is 14.3 Å². The van der Waals surface area contributed by atoms with Crippen molar-refractivity contribution >= 4 is 23.2 Å². The van der Waals surface area contributed by atoms with Gasteiger partial charge in [-0.2, -0.15) is 16.4 Å². The Labute approximate surface area is 156 Å². The molecule has 3 rings (SSSR count). The van der Waals surface area contributed by atoms with Crippen molar-refractivity contribution in [3.63, 3.8) is 0 Å². The first-order valence-corrected chi connectivity index (χ1v) is 9.64. The van der Waals surface area contributed by atoms with E-state index in [0.29, 0.717) is 26.1 Å². The van der Waals surface area contributed by atoms with Gasteiger partial charge in [0, 0.05) is 31.9 Å². The van der Waals surface area contributed by atoms with Crippen LogP contribution in [0.4, 0.5) is 0 Å². The first kappa shape index (κ1) is 18.6. The molecule has 26 heavy (non-hydrogen) atoms. The van der Waals surface area contributed by atoms with Gasteiger partial charge >= 0.3 is 0 Å². The molecule has 1 aliphatic heterocycles. The number of carbonyl (C=O) groups excluding carboxylic acids is 2. The number of nitrogens with one attached hydrogen (secondary N) is 2. The molecular formula is C18H24N4O3S. The van der Waals surface area contributed by atoms with Crippen LogP contribution < -0.4 is 10.6 Å². The summed E-state index contributed by atoms with van der Waals surface area (Å²) in [5.41, 5.74) is 1.98. The van der Waals surface area contributed by atoms with E-state index in [4.69, 9.17) is 4.74 Å². The molecule has 1 aliphatic rings. The average molecular weight is 376 g/mol. The van der Waals surface area contributed by atoms with Gasteiger partial charge in [-0.15, -0.1) is 0 Å². The van der Waals surface area contributed by atoms with Crippen molar-refractivity contribution in [3.05, 3.63) is 40.3 Å². The van der Waals surface area contributed by atoms with E-state index in [1.807, 2.05) is 37.0 Å². The minimum atomic E-state index is -0.179. The largest absolute Gasteiger partial charge is 0.376 e. The van der Waals surface area contributed by atoms with Crippen molar-refractivity contribution in [1.82, 2.24) is 20.4 Å². The number of ether oxygens (including phenoxy) is 1. The second-order valence-corrected chi connectivity index (χ2v) is 7.43. The Morgan fingerprint density at radius 3 is 3.00 bits per heavy atom. The molecule has 0 radical (unpaired) electrons. The van der Waals surface area contributed by atoms with E-state index in [9.17, 15) is 9.59 Å². The standard InChI is InChI=1S/C18H24N4O3S/c1-12(14-3-4-26-11-14)17(23)20-8-16-5-15(10-25-16)18(24)19-6-13-7-21-22(2)9-13/h3-4,7,9,11-12,15-16H,5-6,8,10H2,1-2H3,(H,19,24)(H,20,23)/t12?,15-,16-/m0/s1. The minimum Gasteiger partial charge on any atom is -0.376 e. The molecule has 140 valence electrons. The number of aryl methyl sites for hydroxylation is 1. The molecule has 0 aliphatic carbocycles. The number of aromatic nitrogens is 2. The first-order chi connectivity index (χ1) is 12.5. The quantitative estimate of drug-likeness (QED) is 0.765. The lowest BCUT2D eigenvalue weighted by atomic mass is 10.0. The number of thiophene rings is 1. The summed E-state index contributed by atoms with van der Waals surface area (Å²) in [5, 5.41) is 13.9. The normalized spacial score (nSPS) is 20.7. The molecule has 0 spiro atoms. The minimum absolute atomic E-state index is 0.0171. The van der Waals surface area contributed by atoms with Gasteiger partial charge in [-0.1, -0.05) is 0 Å². The summed E-state index contributed by atoms with van der Waals surface area (Å²) in [4.78, 5) is 24.5. The summed E-state index contributed by atoms with van der Waals surface area (Å²) in [5.74, 6) is -0.394. The highest BCUT2D eigenvalue weighted by atomic mass is 32.1. The second-order valence-electron chi connectivity index (χ2n) is 6.65. The number of carbonyl (C=O) groups is 2. The van der Waals surface area contributed by atoms with Crippen LogP contribution in [0.25, 0.3) is 0 Å². The number of hydrogen-bond acceptors (Lipinski definition) is 5. The molecule has 1 unspecified atom stereocenters. The molecule has 2 amide bonds. The molecule has 7 nitrogen and oxygen atoms in total. The molecule has 0 saturated carbocycles. The highest BCUT2D eigenvalue weighted by Crippen LogP contribution is 2.21. The summed E-state index contributed by atoms with van der Waals surface area (Å²) in [7, 11) is 1.84. The Kier molecular flexibility index (Phi) is 6.05. The van der Waals surface area contributed by atoms with Gasteiger partial charge in [-0.3, -0.25) is 14.3 Å². The average Bonchev–Trinajstić information content (AvgIpc) is 3.38. The van der Waals surface area contributed by atoms with Gasteiger partial charge < -0.3 is 15.4 Å². The summed E-state index contributed by atoms with van der Waals surface area (Å²) in [6.07, 6.45) is 4.10. The van der Waals surface area contributed by atoms with E-state index in [1.54, 1.807) is 22.2 Å². The van der Waals surface area contributed by atoms with Crippen LogP contribution in [0.15, 0.2) is 29.2 Å². The maximum Gasteiger partial charge on any atom is 0.227 e. The third-order valence-corrected chi connectivity index (χ3v) is 5.32. The third kappa shape index (κ3) is 4.70. The summed E-state index contributed by atoms with van der Waals surface area (Å²) in [6.45, 7) is 3.17. The van der Waals surface area contributed by atoms with Gasteiger partial charge in [0.2, 0.25) is 11.8 Å². The predicted octanol–water partition coefficient (Wildman–Crippen LogP) is 1.42. The van der Waals surface area contributed by atoms with E-state index in [2.05, 4.69) is 15.7 Å². The maximum absolute atomic E-state index is 12.3. The molecule has 3 heterocycles. The fourth-order valence-corrected chi connectivity index (χ4v) is 3.72. The summed E-state index contributed by atoms with van der Waals surface area (Å²) in [6, 6.07) is 1.96. The molecule has 3 atom stereocenters. The first-order valence-electron chi connectivity index (χ1n) is 8.69. The lowest BCUT2D eigenvalue weighted by Crippen LogP contribution is -2.35. The zero-order valence-corrected chi connectivity index (χ0v) is 15.8. The van der Waals surface area contributed by atoms with Crippen LogP contribution in [-0.4, -0.2) is 40.9 Å². The fraction of sp³-hybridized carbons (Fsp3) is 0.500. The highest BCUT2D eigenvalue weighted by molar-refractivity contribution is 7.08. The van der Waals surface area contributed by atoms with E-state index in [-0.39, 0.29) is 29.8 Å². The predicted molar refractivity (Wildman–Crippen MR) is 98.6 cm³/mol. The monoisotopic (exact) mass is 376 g/mol. The smallest absolute Gasteiger partial charge is 0.227 e. The Morgan fingerprint density at radius 1 is 1.46 bits per heavy atom. The molecule has 2 N–H and O–H groups in total. The molecule has 1 fully saturated rings. The molecule has 2 aromatic heterocycles. The molecular weight excluding hydrogens is 352 g/mol. The number of hydrogen-bond donors (Lipinski definition) is 2. The Bertz CT molecular complexity index is 743. The van der Waals surface area contributed by atoms with Crippen molar-refractivity contribution in [3.8, 4) is 0 Å². The van der Waals surface area contributed by atoms with Gasteiger partial charge in [-0.25, -0.2) is 0 Å². The van der Waals surface area contributed by atoms with Gasteiger partial charge in [0.05, 0.1) is 30.7 Å². The van der Waals surface area contributed by atoms with E-state index >= 15 is 0 Å². The van der Waals surface area contributed by atoms with Crippen LogP contribution >= 0.6 is 11.3 Å². The van der Waals surface area contributed by atoms with E-state index in [1.165, 1.54) is 0 Å². The third-order valence-electron chi connectivity index (χ3n) is 4.62. The molecule has 1 saturated heterocycles.